The molecular weight excluding hydrogens is 212 g/mol. The summed E-state index contributed by atoms with van der Waals surface area (Å²) in [7, 11) is 1.91. The van der Waals surface area contributed by atoms with Crippen LogP contribution in [-0.4, -0.2) is 15.0 Å². The van der Waals surface area contributed by atoms with E-state index in [-0.39, 0.29) is 0 Å². The van der Waals surface area contributed by atoms with Crippen LogP contribution >= 0.6 is 0 Å². The van der Waals surface area contributed by atoms with E-state index in [4.69, 9.17) is 0 Å². The van der Waals surface area contributed by atoms with Gasteiger partial charge in [0.15, 0.2) is 0 Å². The van der Waals surface area contributed by atoms with E-state index in [0.29, 0.717) is 0 Å². The van der Waals surface area contributed by atoms with Crippen molar-refractivity contribution in [3.8, 4) is 0 Å². The SMILES string of the molecule is CCc1ccccc1CNCc1cnnn1C. The predicted molar refractivity (Wildman–Crippen MR) is 67.4 cm³/mol. The van der Waals surface area contributed by atoms with E-state index in [1.54, 1.807) is 10.9 Å². The molecular formula is C13H18N4. The highest BCUT2D eigenvalue weighted by Crippen LogP contribution is 2.09. The molecule has 0 amide bonds. The number of nitrogens with one attached hydrogen (secondary N) is 1. The number of aromatic nitrogens is 3. The summed E-state index contributed by atoms with van der Waals surface area (Å²) in [6.45, 7) is 3.86. The molecule has 17 heavy (non-hydrogen) atoms. The fraction of sp³-hybridized carbons (Fsp3) is 0.385. The van der Waals surface area contributed by atoms with E-state index >= 15 is 0 Å². The molecule has 4 nitrogen and oxygen atoms in total. The second-order valence-electron chi connectivity index (χ2n) is 4.07. The number of hydrogen-bond acceptors (Lipinski definition) is 3. The van der Waals surface area contributed by atoms with Crippen molar-refractivity contribution in [2.45, 2.75) is 26.4 Å². The lowest BCUT2D eigenvalue weighted by Crippen LogP contribution is -2.16. The van der Waals surface area contributed by atoms with Crippen molar-refractivity contribution >= 4 is 0 Å². The zero-order valence-corrected chi connectivity index (χ0v) is 10.3. The van der Waals surface area contributed by atoms with Crippen LogP contribution in [0.15, 0.2) is 30.5 Å². The summed E-state index contributed by atoms with van der Waals surface area (Å²) in [5, 5.41) is 11.2. The molecule has 1 N–H and O–H groups in total. The Labute approximate surface area is 102 Å². The summed E-state index contributed by atoms with van der Waals surface area (Å²) in [6, 6.07) is 8.53. The van der Waals surface area contributed by atoms with Gasteiger partial charge in [-0.3, -0.25) is 4.68 Å². The number of nitrogens with zero attached hydrogens (tertiary/aromatic N) is 3. The Balaban J connectivity index is 1.92. The van der Waals surface area contributed by atoms with Crippen LogP contribution in [0.5, 0.6) is 0 Å². The third kappa shape index (κ3) is 2.91. The molecule has 0 unspecified atom stereocenters. The van der Waals surface area contributed by atoms with Crippen molar-refractivity contribution in [2.75, 3.05) is 0 Å². The summed E-state index contributed by atoms with van der Waals surface area (Å²) in [5.41, 5.74) is 3.87. The molecule has 1 heterocycles. The van der Waals surface area contributed by atoms with Crippen LogP contribution < -0.4 is 5.32 Å². The first-order chi connectivity index (χ1) is 8.31. The Bertz CT molecular complexity index is 476. The van der Waals surface area contributed by atoms with Gasteiger partial charge in [0.2, 0.25) is 0 Å². The minimum atomic E-state index is 0.793. The number of aryl methyl sites for hydroxylation is 2. The Morgan fingerprint density at radius 1 is 1.18 bits per heavy atom. The average molecular weight is 230 g/mol. The maximum absolute atomic E-state index is 3.90. The minimum Gasteiger partial charge on any atom is -0.307 e. The van der Waals surface area contributed by atoms with Crippen molar-refractivity contribution in [3.05, 3.63) is 47.3 Å². The molecule has 90 valence electrons. The van der Waals surface area contributed by atoms with Gasteiger partial charge in [-0.2, -0.15) is 0 Å². The lowest BCUT2D eigenvalue weighted by molar-refractivity contribution is 0.615. The Kier molecular flexibility index (Phi) is 3.88. The van der Waals surface area contributed by atoms with Gasteiger partial charge in [-0.1, -0.05) is 36.4 Å². The molecule has 0 spiro atoms. The molecule has 1 aromatic carbocycles. The number of rotatable bonds is 5. The summed E-state index contributed by atoms with van der Waals surface area (Å²) in [6.07, 6.45) is 2.86. The van der Waals surface area contributed by atoms with Crippen molar-refractivity contribution in [1.29, 1.82) is 0 Å². The molecule has 2 rings (SSSR count). The summed E-state index contributed by atoms with van der Waals surface area (Å²) in [5.74, 6) is 0. The van der Waals surface area contributed by atoms with Crippen LogP contribution in [0, 0.1) is 0 Å². The van der Waals surface area contributed by atoms with Crippen molar-refractivity contribution in [1.82, 2.24) is 20.3 Å². The Hall–Kier alpha value is -1.68. The van der Waals surface area contributed by atoms with Gasteiger partial charge < -0.3 is 5.32 Å². The smallest absolute Gasteiger partial charge is 0.0738 e. The van der Waals surface area contributed by atoms with Gasteiger partial charge in [-0.15, -0.1) is 5.10 Å². The maximum atomic E-state index is 3.90. The summed E-state index contributed by atoms with van der Waals surface area (Å²) in [4.78, 5) is 0. The third-order valence-electron chi connectivity index (χ3n) is 2.93. The van der Waals surface area contributed by atoms with Gasteiger partial charge in [0.05, 0.1) is 11.9 Å². The van der Waals surface area contributed by atoms with Crippen molar-refractivity contribution in [2.24, 2.45) is 7.05 Å². The first-order valence-corrected chi connectivity index (χ1v) is 5.92. The standard InChI is InChI=1S/C13H18N4/c1-3-11-6-4-5-7-12(11)8-14-9-13-10-15-16-17(13)2/h4-7,10,14H,3,8-9H2,1-2H3. The first-order valence-electron chi connectivity index (χ1n) is 5.92. The molecule has 0 aliphatic heterocycles. The zero-order valence-electron chi connectivity index (χ0n) is 10.3. The van der Waals surface area contributed by atoms with E-state index in [2.05, 4.69) is 46.8 Å². The van der Waals surface area contributed by atoms with E-state index in [1.165, 1.54) is 11.1 Å². The van der Waals surface area contributed by atoms with Gasteiger partial charge in [-0.05, 0) is 17.5 Å². The highest BCUT2D eigenvalue weighted by molar-refractivity contribution is 5.26. The molecule has 1 aromatic heterocycles. The second-order valence-corrected chi connectivity index (χ2v) is 4.07. The van der Waals surface area contributed by atoms with E-state index in [1.807, 2.05) is 7.05 Å². The Morgan fingerprint density at radius 3 is 2.59 bits per heavy atom. The van der Waals surface area contributed by atoms with E-state index in [0.717, 1.165) is 25.2 Å². The molecule has 0 saturated heterocycles. The van der Waals surface area contributed by atoms with Crippen LogP contribution in [0.25, 0.3) is 0 Å². The quantitative estimate of drug-likeness (QED) is 0.849. The Morgan fingerprint density at radius 2 is 1.94 bits per heavy atom. The maximum Gasteiger partial charge on any atom is 0.0738 e. The molecule has 0 aliphatic rings. The lowest BCUT2D eigenvalue weighted by atomic mass is 10.1. The van der Waals surface area contributed by atoms with Crippen LogP contribution in [0.3, 0.4) is 0 Å². The third-order valence-corrected chi connectivity index (χ3v) is 2.93. The minimum absolute atomic E-state index is 0.793. The van der Waals surface area contributed by atoms with Gasteiger partial charge in [0.1, 0.15) is 0 Å². The summed E-state index contributed by atoms with van der Waals surface area (Å²) < 4.78 is 1.79. The van der Waals surface area contributed by atoms with Crippen LogP contribution in [0.1, 0.15) is 23.7 Å². The molecule has 0 fully saturated rings. The van der Waals surface area contributed by atoms with Crippen LogP contribution in [0.4, 0.5) is 0 Å². The highest BCUT2D eigenvalue weighted by atomic mass is 15.4. The van der Waals surface area contributed by atoms with Crippen LogP contribution in [0.2, 0.25) is 0 Å². The summed E-state index contributed by atoms with van der Waals surface area (Å²) >= 11 is 0. The van der Waals surface area contributed by atoms with Crippen molar-refractivity contribution < 1.29 is 0 Å². The van der Waals surface area contributed by atoms with E-state index in [9.17, 15) is 0 Å². The van der Waals surface area contributed by atoms with Gasteiger partial charge in [-0.25, -0.2) is 0 Å². The van der Waals surface area contributed by atoms with Gasteiger partial charge >= 0.3 is 0 Å². The molecule has 0 atom stereocenters. The molecule has 0 radical (unpaired) electrons. The molecule has 2 aromatic rings. The largest absolute Gasteiger partial charge is 0.307 e. The normalized spacial score (nSPS) is 10.7. The average Bonchev–Trinajstić information content (AvgIpc) is 2.76. The molecule has 0 bridgehead atoms. The van der Waals surface area contributed by atoms with E-state index < -0.39 is 0 Å². The number of benzene rings is 1. The highest BCUT2D eigenvalue weighted by Gasteiger charge is 2.01. The van der Waals surface area contributed by atoms with Crippen LogP contribution in [-0.2, 0) is 26.6 Å². The predicted octanol–water partition coefficient (Wildman–Crippen LogP) is 1.67. The fourth-order valence-electron chi connectivity index (χ4n) is 1.87. The topological polar surface area (TPSA) is 42.7 Å². The van der Waals surface area contributed by atoms with Gasteiger partial charge in [0.25, 0.3) is 0 Å². The molecule has 4 heteroatoms. The monoisotopic (exact) mass is 230 g/mol. The first kappa shape index (κ1) is 11.8. The fourth-order valence-corrected chi connectivity index (χ4v) is 1.87. The van der Waals surface area contributed by atoms with Crippen molar-refractivity contribution in [3.63, 3.8) is 0 Å². The number of hydrogen-bond donors (Lipinski definition) is 1. The molecule has 0 saturated carbocycles. The lowest BCUT2D eigenvalue weighted by Gasteiger charge is -2.08. The second kappa shape index (κ2) is 5.59. The molecule has 0 aliphatic carbocycles. The van der Waals surface area contributed by atoms with Gasteiger partial charge in [0, 0.05) is 20.1 Å². The zero-order chi connectivity index (χ0) is 12.1.